The number of carbonyl (C=O) groups excluding carboxylic acids is 1. The molecule has 6 heteroatoms. The second kappa shape index (κ2) is 16.6. The Kier molecular flexibility index (Phi) is 13.4. The topological polar surface area (TPSA) is 85.2 Å². The molecule has 0 aliphatic carbocycles. The molecule has 1 fully saturated rings. The van der Waals surface area contributed by atoms with Gasteiger partial charge in [-0.15, -0.1) is 0 Å². The third-order valence-electron chi connectivity index (χ3n) is 5.17. The number of aliphatic hydroxyl groups is 2. The first-order chi connectivity index (χ1) is 17.0. The van der Waals surface area contributed by atoms with Crippen LogP contribution in [-0.2, 0) is 38.8 Å². The molecule has 0 radical (unpaired) electrons. The van der Waals surface area contributed by atoms with Gasteiger partial charge in [0.1, 0.15) is 0 Å². The van der Waals surface area contributed by atoms with Crippen LogP contribution in [0, 0.1) is 5.92 Å². The average Bonchev–Trinajstić information content (AvgIpc) is 3.24. The number of carbonyl (C=O) groups is 1. The molecule has 3 atom stereocenters. The van der Waals surface area contributed by atoms with Crippen LogP contribution in [-0.4, -0.2) is 35.2 Å². The number of ether oxygens (including phenoxy) is 3. The van der Waals surface area contributed by atoms with Gasteiger partial charge in [-0.25, -0.2) is 0 Å². The molecule has 35 heavy (non-hydrogen) atoms. The number of hydrogen-bond acceptors (Lipinski definition) is 6. The van der Waals surface area contributed by atoms with Crippen molar-refractivity contribution in [3.63, 3.8) is 0 Å². The zero-order chi connectivity index (χ0) is 25.3. The maximum atomic E-state index is 10.9. The van der Waals surface area contributed by atoms with Gasteiger partial charge in [0.25, 0.3) is 0 Å². The van der Waals surface area contributed by atoms with Crippen molar-refractivity contribution in [2.75, 3.05) is 6.61 Å². The van der Waals surface area contributed by atoms with Gasteiger partial charge in [-0.2, -0.15) is 0 Å². The molecular weight excluding hydrogens is 444 g/mol. The number of esters is 1. The number of hydrogen-bond donors (Lipinski definition) is 2. The lowest BCUT2D eigenvalue weighted by atomic mass is 10.1. The number of rotatable bonds is 7. The molecule has 0 aromatic heterocycles. The van der Waals surface area contributed by atoms with E-state index in [1.54, 1.807) is 0 Å². The molecule has 3 aromatic carbocycles. The molecule has 1 heterocycles. The van der Waals surface area contributed by atoms with E-state index < -0.39 is 6.29 Å². The van der Waals surface area contributed by atoms with Crippen molar-refractivity contribution in [1.82, 2.24) is 0 Å². The summed E-state index contributed by atoms with van der Waals surface area (Å²) in [5, 5.41) is 17.1. The average molecular weight is 481 g/mol. The molecule has 0 amide bonds. The van der Waals surface area contributed by atoms with Crippen LogP contribution in [0.5, 0.6) is 0 Å². The summed E-state index contributed by atoms with van der Waals surface area (Å²) in [5.41, 5.74) is 3.07. The molecule has 2 N–H and O–H groups in total. The van der Waals surface area contributed by atoms with Crippen LogP contribution < -0.4 is 0 Å². The Bertz CT molecular complexity index is 894. The molecule has 0 bridgehead atoms. The monoisotopic (exact) mass is 480 g/mol. The Morgan fingerprint density at radius 1 is 0.829 bits per heavy atom. The third kappa shape index (κ3) is 11.8. The van der Waals surface area contributed by atoms with Crippen LogP contribution in [0.1, 0.15) is 37.0 Å². The highest BCUT2D eigenvalue weighted by Crippen LogP contribution is 2.27. The van der Waals surface area contributed by atoms with Crippen LogP contribution in [0.4, 0.5) is 0 Å². The minimum Gasteiger partial charge on any atom is -0.436 e. The maximum Gasteiger partial charge on any atom is 0.304 e. The van der Waals surface area contributed by atoms with Crippen molar-refractivity contribution in [3.05, 3.63) is 108 Å². The number of benzene rings is 3. The second-order valence-electron chi connectivity index (χ2n) is 8.24. The van der Waals surface area contributed by atoms with Gasteiger partial charge < -0.3 is 24.4 Å². The van der Waals surface area contributed by atoms with E-state index in [-0.39, 0.29) is 31.2 Å². The smallest absolute Gasteiger partial charge is 0.304 e. The third-order valence-corrected chi connectivity index (χ3v) is 5.17. The largest absolute Gasteiger partial charge is 0.436 e. The van der Waals surface area contributed by atoms with Gasteiger partial charge in [-0.1, -0.05) is 97.9 Å². The van der Waals surface area contributed by atoms with E-state index in [9.17, 15) is 4.79 Å². The highest BCUT2D eigenvalue weighted by atomic mass is 16.7. The summed E-state index contributed by atoms with van der Waals surface area (Å²) in [6.07, 6.45) is 0.429. The van der Waals surface area contributed by atoms with Crippen molar-refractivity contribution >= 4 is 5.97 Å². The Balaban J connectivity index is 0.000000221. The lowest BCUT2D eigenvalue weighted by Gasteiger charge is -2.15. The van der Waals surface area contributed by atoms with E-state index in [2.05, 4.69) is 0 Å². The van der Waals surface area contributed by atoms with Crippen LogP contribution >= 0.6 is 0 Å². The first kappa shape index (κ1) is 28.2. The lowest BCUT2D eigenvalue weighted by molar-refractivity contribution is -0.181. The van der Waals surface area contributed by atoms with Crippen LogP contribution in [0.15, 0.2) is 91.0 Å². The summed E-state index contributed by atoms with van der Waals surface area (Å²) in [6, 6.07) is 29.1. The van der Waals surface area contributed by atoms with Crippen molar-refractivity contribution in [2.24, 2.45) is 5.92 Å². The normalized spacial score (nSPS) is 18.5. The molecule has 1 saturated heterocycles. The summed E-state index contributed by atoms with van der Waals surface area (Å²) in [4.78, 5) is 10.9. The molecule has 1 aliphatic rings. The van der Waals surface area contributed by atoms with E-state index in [1.165, 1.54) is 6.92 Å². The van der Waals surface area contributed by atoms with Crippen LogP contribution in [0.3, 0.4) is 0 Å². The summed E-state index contributed by atoms with van der Waals surface area (Å²) in [5.74, 6) is -0.0862. The fraction of sp³-hybridized carbons (Fsp3) is 0.345. The zero-order valence-corrected chi connectivity index (χ0v) is 20.5. The molecule has 4 rings (SSSR count). The molecule has 1 aliphatic heterocycles. The first-order valence-electron chi connectivity index (χ1n) is 11.8. The maximum absolute atomic E-state index is 10.9. The summed E-state index contributed by atoms with van der Waals surface area (Å²) < 4.78 is 16.4. The highest BCUT2D eigenvalue weighted by molar-refractivity contribution is 5.66. The van der Waals surface area contributed by atoms with Gasteiger partial charge >= 0.3 is 5.97 Å². The SMILES string of the molecule is CC(=O)OC1OC(COCc2ccccc2)CC1C.OCc1ccccc1.OCc1ccccc1. The van der Waals surface area contributed by atoms with Gasteiger partial charge in [0.2, 0.25) is 6.29 Å². The Labute approximate surface area is 208 Å². The predicted molar refractivity (Wildman–Crippen MR) is 135 cm³/mol. The second-order valence-corrected chi connectivity index (χ2v) is 8.24. The standard InChI is InChI=1S/C15H20O4.2C7H8O/c1-11-8-14(19-15(11)18-12(2)16)10-17-9-13-6-4-3-5-7-13;2*8-6-7-4-2-1-3-5-7/h3-7,11,14-15H,8-10H2,1-2H3;2*1-5,8H,6H2. The minimum absolute atomic E-state index is 0.00284. The van der Waals surface area contributed by atoms with Gasteiger partial charge in [0, 0.05) is 12.8 Å². The Hall–Kier alpha value is -3.03. The molecule has 0 spiro atoms. The van der Waals surface area contributed by atoms with E-state index in [0.29, 0.717) is 13.2 Å². The first-order valence-corrected chi connectivity index (χ1v) is 11.8. The quantitative estimate of drug-likeness (QED) is 0.469. The molecule has 3 unspecified atom stereocenters. The molecule has 0 saturated carbocycles. The fourth-order valence-corrected chi connectivity index (χ4v) is 3.37. The van der Waals surface area contributed by atoms with E-state index in [0.717, 1.165) is 23.1 Å². The van der Waals surface area contributed by atoms with Gasteiger partial charge in [0.15, 0.2) is 0 Å². The molecular formula is C29H36O6. The lowest BCUT2D eigenvalue weighted by Crippen LogP contribution is -2.22. The van der Waals surface area contributed by atoms with E-state index in [4.69, 9.17) is 24.4 Å². The van der Waals surface area contributed by atoms with Gasteiger partial charge in [-0.05, 0) is 23.1 Å². The van der Waals surface area contributed by atoms with Gasteiger partial charge in [0.05, 0.1) is 32.5 Å². The van der Waals surface area contributed by atoms with Crippen LogP contribution in [0.25, 0.3) is 0 Å². The summed E-state index contributed by atoms with van der Waals surface area (Å²) in [7, 11) is 0. The van der Waals surface area contributed by atoms with Crippen molar-refractivity contribution < 1.29 is 29.2 Å². The fourth-order valence-electron chi connectivity index (χ4n) is 3.37. The van der Waals surface area contributed by atoms with Crippen molar-refractivity contribution in [2.45, 2.75) is 52.5 Å². The molecule has 6 nitrogen and oxygen atoms in total. The molecule has 3 aromatic rings. The van der Waals surface area contributed by atoms with Crippen LogP contribution in [0.2, 0.25) is 0 Å². The summed E-state index contributed by atoms with van der Waals surface area (Å²) in [6.45, 7) is 4.80. The predicted octanol–water partition coefficient (Wildman–Crippen LogP) is 4.88. The molecule has 188 valence electrons. The highest BCUT2D eigenvalue weighted by Gasteiger charge is 2.34. The zero-order valence-electron chi connectivity index (χ0n) is 20.5. The minimum atomic E-state index is -0.428. The Morgan fingerprint density at radius 3 is 1.69 bits per heavy atom. The van der Waals surface area contributed by atoms with E-state index in [1.807, 2.05) is 97.9 Å². The van der Waals surface area contributed by atoms with Crippen molar-refractivity contribution in [3.8, 4) is 0 Å². The number of aliphatic hydroxyl groups excluding tert-OH is 2. The van der Waals surface area contributed by atoms with E-state index >= 15 is 0 Å². The van der Waals surface area contributed by atoms with Crippen molar-refractivity contribution in [1.29, 1.82) is 0 Å². The van der Waals surface area contributed by atoms with Gasteiger partial charge in [-0.3, -0.25) is 4.79 Å². The summed E-state index contributed by atoms with van der Waals surface area (Å²) >= 11 is 0. The Morgan fingerprint density at radius 2 is 1.29 bits per heavy atom.